The molecule has 19 heavy (non-hydrogen) atoms. The highest BCUT2D eigenvalue weighted by Gasteiger charge is 2.14. The number of hydrogen-bond donors (Lipinski definition) is 3. The first-order valence-corrected chi connectivity index (χ1v) is 6.24. The summed E-state index contributed by atoms with van der Waals surface area (Å²) in [7, 11) is 0. The molecule has 1 aromatic carbocycles. The van der Waals surface area contributed by atoms with Crippen molar-refractivity contribution in [2.75, 3.05) is 6.54 Å². The third kappa shape index (κ3) is 3.47. The number of carbonyl (C=O) groups is 1. The summed E-state index contributed by atoms with van der Waals surface area (Å²) in [6.07, 6.45) is 0.568. The summed E-state index contributed by atoms with van der Waals surface area (Å²) in [5, 5.41) is 19.6. The molecule has 0 aliphatic rings. The molecule has 1 amide bonds. The molecule has 1 unspecified atom stereocenters. The first-order chi connectivity index (χ1) is 9.08. The van der Waals surface area contributed by atoms with Crippen molar-refractivity contribution < 1.29 is 9.90 Å². The second-order valence-electron chi connectivity index (χ2n) is 3.86. The van der Waals surface area contributed by atoms with E-state index in [-0.39, 0.29) is 12.5 Å². The predicted octanol–water partition coefficient (Wildman–Crippen LogP) is 2.18. The van der Waals surface area contributed by atoms with E-state index in [2.05, 4.69) is 15.5 Å². The average Bonchev–Trinajstić information content (AvgIpc) is 2.89. The maximum Gasteiger partial charge on any atom is 0.269 e. The topological polar surface area (TPSA) is 78.0 Å². The number of hydrogen-bond acceptors (Lipinski definition) is 3. The minimum atomic E-state index is -0.906. The Kier molecular flexibility index (Phi) is 4.42. The van der Waals surface area contributed by atoms with Crippen molar-refractivity contribution in [3.05, 3.63) is 51.8 Å². The molecule has 0 saturated heterocycles. The van der Waals surface area contributed by atoms with Crippen molar-refractivity contribution in [1.82, 2.24) is 15.5 Å². The van der Waals surface area contributed by atoms with Crippen LogP contribution in [0, 0.1) is 0 Å². The quantitative estimate of drug-likeness (QED) is 0.810. The van der Waals surface area contributed by atoms with Crippen LogP contribution in [-0.4, -0.2) is 27.8 Å². The number of carbonyl (C=O) groups excluding carboxylic acids is 1. The van der Waals surface area contributed by atoms with Crippen LogP contribution in [0.4, 0.5) is 0 Å². The van der Waals surface area contributed by atoms with Crippen molar-refractivity contribution in [1.29, 1.82) is 0 Å². The SMILES string of the molecule is O=C(NCC(O)c1ccc(Cl)cc1Cl)c1ccn[nH]1. The number of aliphatic hydroxyl groups is 1. The Hall–Kier alpha value is -1.56. The number of nitrogens with zero attached hydrogens (tertiary/aromatic N) is 1. The van der Waals surface area contributed by atoms with Crippen LogP contribution in [0.15, 0.2) is 30.5 Å². The monoisotopic (exact) mass is 299 g/mol. The van der Waals surface area contributed by atoms with E-state index in [0.717, 1.165) is 0 Å². The van der Waals surface area contributed by atoms with E-state index in [1.165, 1.54) is 12.3 Å². The fourth-order valence-electron chi connectivity index (χ4n) is 1.55. The molecule has 1 heterocycles. The molecule has 0 bridgehead atoms. The summed E-state index contributed by atoms with van der Waals surface area (Å²) in [4.78, 5) is 11.6. The maximum absolute atomic E-state index is 11.6. The molecule has 1 aromatic heterocycles. The molecule has 0 spiro atoms. The number of benzene rings is 1. The van der Waals surface area contributed by atoms with Gasteiger partial charge < -0.3 is 10.4 Å². The number of halogens is 2. The van der Waals surface area contributed by atoms with Crippen LogP contribution in [-0.2, 0) is 0 Å². The Morgan fingerprint density at radius 3 is 2.84 bits per heavy atom. The lowest BCUT2D eigenvalue weighted by molar-refractivity contribution is 0.0911. The van der Waals surface area contributed by atoms with Crippen molar-refractivity contribution in [2.45, 2.75) is 6.10 Å². The summed E-state index contributed by atoms with van der Waals surface area (Å²) in [6, 6.07) is 6.33. The van der Waals surface area contributed by atoms with Gasteiger partial charge in [0.25, 0.3) is 5.91 Å². The Balaban J connectivity index is 1.98. The first kappa shape index (κ1) is 13.9. The van der Waals surface area contributed by atoms with Crippen LogP contribution in [0.3, 0.4) is 0 Å². The zero-order valence-corrected chi connectivity index (χ0v) is 11.2. The van der Waals surface area contributed by atoms with Gasteiger partial charge in [0.2, 0.25) is 0 Å². The van der Waals surface area contributed by atoms with Gasteiger partial charge in [-0.3, -0.25) is 9.89 Å². The molecule has 100 valence electrons. The zero-order chi connectivity index (χ0) is 13.8. The van der Waals surface area contributed by atoms with E-state index < -0.39 is 6.10 Å². The third-order valence-corrected chi connectivity index (χ3v) is 3.09. The number of aromatic amines is 1. The molecule has 1 atom stereocenters. The van der Waals surface area contributed by atoms with Crippen molar-refractivity contribution >= 4 is 29.1 Å². The van der Waals surface area contributed by atoms with Crippen LogP contribution in [0.25, 0.3) is 0 Å². The molecular weight excluding hydrogens is 289 g/mol. The van der Waals surface area contributed by atoms with Gasteiger partial charge in [-0.15, -0.1) is 0 Å². The third-order valence-electron chi connectivity index (χ3n) is 2.52. The average molecular weight is 300 g/mol. The van der Waals surface area contributed by atoms with Crippen LogP contribution >= 0.6 is 23.2 Å². The summed E-state index contributed by atoms with van der Waals surface area (Å²) < 4.78 is 0. The number of nitrogens with one attached hydrogen (secondary N) is 2. The van der Waals surface area contributed by atoms with E-state index in [1.54, 1.807) is 18.2 Å². The highest BCUT2D eigenvalue weighted by Crippen LogP contribution is 2.25. The highest BCUT2D eigenvalue weighted by atomic mass is 35.5. The van der Waals surface area contributed by atoms with Crippen molar-refractivity contribution in [2.24, 2.45) is 0 Å². The smallest absolute Gasteiger partial charge is 0.269 e. The van der Waals surface area contributed by atoms with Crippen molar-refractivity contribution in [3.63, 3.8) is 0 Å². The lowest BCUT2D eigenvalue weighted by atomic mass is 10.1. The van der Waals surface area contributed by atoms with Crippen LogP contribution < -0.4 is 5.32 Å². The van der Waals surface area contributed by atoms with Gasteiger partial charge in [0.15, 0.2) is 0 Å². The van der Waals surface area contributed by atoms with Crippen molar-refractivity contribution in [3.8, 4) is 0 Å². The normalized spacial score (nSPS) is 12.2. The van der Waals surface area contributed by atoms with Gasteiger partial charge in [0.05, 0.1) is 6.10 Å². The van der Waals surface area contributed by atoms with Gasteiger partial charge in [-0.2, -0.15) is 5.10 Å². The van der Waals surface area contributed by atoms with Crippen LogP contribution in [0.2, 0.25) is 10.0 Å². The number of aromatic nitrogens is 2. The number of aliphatic hydroxyl groups excluding tert-OH is 1. The van der Waals surface area contributed by atoms with Gasteiger partial charge in [-0.1, -0.05) is 29.3 Å². The molecule has 7 heteroatoms. The molecule has 2 rings (SSSR count). The second-order valence-corrected chi connectivity index (χ2v) is 4.71. The van der Waals surface area contributed by atoms with E-state index in [1.807, 2.05) is 0 Å². The van der Waals surface area contributed by atoms with Gasteiger partial charge in [-0.25, -0.2) is 0 Å². The highest BCUT2D eigenvalue weighted by molar-refractivity contribution is 6.35. The number of rotatable bonds is 4. The lowest BCUT2D eigenvalue weighted by Crippen LogP contribution is -2.28. The van der Waals surface area contributed by atoms with E-state index >= 15 is 0 Å². The van der Waals surface area contributed by atoms with Gasteiger partial charge in [0.1, 0.15) is 5.69 Å². The predicted molar refractivity (Wildman–Crippen MR) is 72.3 cm³/mol. The Labute approximate surface area is 119 Å². The first-order valence-electron chi connectivity index (χ1n) is 5.48. The largest absolute Gasteiger partial charge is 0.387 e. The molecule has 5 nitrogen and oxygen atoms in total. The Bertz CT molecular complexity index is 572. The summed E-state index contributed by atoms with van der Waals surface area (Å²) in [6.45, 7) is 0.0409. The molecule has 0 aliphatic heterocycles. The molecule has 0 saturated carbocycles. The van der Waals surface area contributed by atoms with Crippen LogP contribution in [0.1, 0.15) is 22.2 Å². The molecule has 0 fully saturated rings. The molecule has 3 N–H and O–H groups in total. The second kappa shape index (κ2) is 6.06. The summed E-state index contributed by atoms with van der Waals surface area (Å²) in [5.74, 6) is -0.346. The summed E-state index contributed by atoms with van der Waals surface area (Å²) in [5.41, 5.74) is 0.838. The number of H-pyrrole nitrogens is 1. The minimum absolute atomic E-state index is 0.0409. The fraction of sp³-hybridized carbons (Fsp3) is 0.167. The summed E-state index contributed by atoms with van der Waals surface area (Å²) >= 11 is 11.7. The zero-order valence-electron chi connectivity index (χ0n) is 9.73. The molecule has 0 aliphatic carbocycles. The van der Waals surface area contributed by atoms with Crippen LogP contribution in [0.5, 0.6) is 0 Å². The Morgan fingerprint density at radius 1 is 1.42 bits per heavy atom. The van der Waals surface area contributed by atoms with Gasteiger partial charge in [-0.05, 0) is 18.2 Å². The Morgan fingerprint density at radius 2 is 2.21 bits per heavy atom. The molecule has 0 radical (unpaired) electrons. The maximum atomic E-state index is 11.6. The van der Waals surface area contributed by atoms with E-state index in [0.29, 0.717) is 21.3 Å². The molecular formula is C12H11Cl2N3O2. The van der Waals surface area contributed by atoms with E-state index in [4.69, 9.17) is 23.2 Å². The lowest BCUT2D eigenvalue weighted by Gasteiger charge is -2.13. The standard InChI is InChI=1S/C12H11Cl2N3O2/c13-7-1-2-8(9(14)5-7)11(18)6-15-12(19)10-3-4-16-17-10/h1-5,11,18H,6H2,(H,15,19)(H,16,17). The number of amides is 1. The molecule has 2 aromatic rings. The van der Waals surface area contributed by atoms with E-state index in [9.17, 15) is 9.90 Å². The van der Waals surface area contributed by atoms with Gasteiger partial charge in [0, 0.05) is 28.4 Å². The fourth-order valence-corrected chi connectivity index (χ4v) is 2.08. The van der Waals surface area contributed by atoms with Gasteiger partial charge >= 0.3 is 0 Å². The minimum Gasteiger partial charge on any atom is -0.387 e.